The van der Waals surface area contributed by atoms with E-state index in [0.717, 1.165) is 47.4 Å². The van der Waals surface area contributed by atoms with Crippen molar-refractivity contribution >= 4 is 34.7 Å². The summed E-state index contributed by atoms with van der Waals surface area (Å²) < 4.78 is 6.89. The van der Waals surface area contributed by atoms with Gasteiger partial charge in [0.15, 0.2) is 11.5 Å². The van der Waals surface area contributed by atoms with Gasteiger partial charge in [-0.2, -0.15) is 16.9 Å². The predicted octanol–water partition coefficient (Wildman–Crippen LogP) is 2.85. The number of nitrogens with zero attached hydrogens (tertiary/aromatic N) is 4. The molecule has 0 spiro atoms. The van der Waals surface area contributed by atoms with E-state index >= 15 is 0 Å². The SMILES string of the molecule is COc1ccc(NC(=O)c2cc3c(N4CCSCC4)nc(C)cn3n2)cc1. The number of thioether (sulfide) groups is 1. The molecule has 3 heterocycles. The van der Waals surface area contributed by atoms with Gasteiger partial charge in [-0.3, -0.25) is 4.79 Å². The molecule has 27 heavy (non-hydrogen) atoms. The number of amides is 1. The molecule has 4 rings (SSSR count). The van der Waals surface area contributed by atoms with Crippen molar-refractivity contribution in [3.8, 4) is 5.75 Å². The number of carbonyl (C=O) groups is 1. The Labute approximate surface area is 161 Å². The molecule has 140 valence electrons. The van der Waals surface area contributed by atoms with Crippen molar-refractivity contribution in [2.45, 2.75) is 6.92 Å². The molecule has 1 fully saturated rings. The van der Waals surface area contributed by atoms with Gasteiger partial charge in [-0.15, -0.1) is 0 Å². The maximum Gasteiger partial charge on any atom is 0.276 e. The molecule has 0 bridgehead atoms. The molecule has 0 atom stereocenters. The Morgan fingerprint density at radius 3 is 2.67 bits per heavy atom. The van der Waals surface area contributed by atoms with E-state index in [4.69, 9.17) is 9.72 Å². The van der Waals surface area contributed by atoms with Gasteiger partial charge < -0.3 is 15.0 Å². The van der Waals surface area contributed by atoms with Gasteiger partial charge in [0.1, 0.15) is 11.3 Å². The number of aromatic nitrogens is 3. The van der Waals surface area contributed by atoms with Crippen LogP contribution in [0.2, 0.25) is 0 Å². The molecule has 1 aliphatic heterocycles. The maximum absolute atomic E-state index is 12.7. The second-order valence-corrected chi connectivity index (χ2v) is 7.57. The number of fused-ring (bicyclic) bond motifs is 1. The molecule has 0 saturated carbocycles. The molecule has 2 aromatic heterocycles. The lowest BCUT2D eigenvalue weighted by atomic mass is 10.3. The summed E-state index contributed by atoms with van der Waals surface area (Å²) in [6, 6.07) is 9.02. The van der Waals surface area contributed by atoms with E-state index in [9.17, 15) is 4.79 Å². The fraction of sp³-hybridized carbons (Fsp3) is 0.316. The molecule has 0 radical (unpaired) electrons. The van der Waals surface area contributed by atoms with E-state index in [1.165, 1.54) is 0 Å². The van der Waals surface area contributed by atoms with Crippen LogP contribution in [0.25, 0.3) is 5.52 Å². The van der Waals surface area contributed by atoms with Crippen LogP contribution in [0.15, 0.2) is 36.5 Å². The lowest BCUT2D eigenvalue weighted by Crippen LogP contribution is -2.33. The normalized spacial score (nSPS) is 14.4. The quantitative estimate of drug-likeness (QED) is 0.747. The third-order valence-corrected chi connectivity index (χ3v) is 5.39. The van der Waals surface area contributed by atoms with Crippen LogP contribution in [0, 0.1) is 6.92 Å². The molecular weight excluding hydrogens is 362 g/mol. The highest BCUT2D eigenvalue weighted by Crippen LogP contribution is 2.24. The Morgan fingerprint density at radius 1 is 1.22 bits per heavy atom. The van der Waals surface area contributed by atoms with Gasteiger partial charge in [0.25, 0.3) is 5.91 Å². The predicted molar refractivity (Wildman–Crippen MR) is 108 cm³/mol. The number of carbonyl (C=O) groups excluding carboxylic acids is 1. The molecule has 1 N–H and O–H groups in total. The number of methoxy groups -OCH3 is 1. The van der Waals surface area contributed by atoms with Gasteiger partial charge in [0.05, 0.1) is 19.0 Å². The Kier molecular flexibility index (Phi) is 4.89. The Hall–Kier alpha value is -2.74. The average Bonchev–Trinajstić information content (AvgIpc) is 3.12. The topological polar surface area (TPSA) is 71.8 Å². The fourth-order valence-electron chi connectivity index (χ4n) is 3.08. The summed E-state index contributed by atoms with van der Waals surface area (Å²) in [5.74, 6) is 3.56. The third-order valence-electron chi connectivity index (χ3n) is 4.45. The first-order valence-electron chi connectivity index (χ1n) is 8.79. The smallest absolute Gasteiger partial charge is 0.276 e. The van der Waals surface area contributed by atoms with Crippen molar-refractivity contribution in [1.82, 2.24) is 14.6 Å². The van der Waals surface area contributed by atoms with Crippen LogP contribution in [0.1, 0.15) is 16.2 Å². The van der Waals surface area contributed by atoms with Gasteiger partial charge in [-0.25, -0.2) is 9.50 Å². The summed E-state index contributed by atoms with van der Waals surface area (Å²) in [5, 5.41) is 7.34. The van der Waals surface area contributed by atoms with Crippen LogP contribution >= 0.6 is 11.8 Å². The number of benzene rings is 1. The Bertz CT molecular complexity index is 964. The summed E-state index contributed by atoms with van der Waals surface area (Å²) in [6.45, 7) is 3.85. The maximum atomic E-state index is 12.7. The van der Waals surface area contributed by atoms with Crippen LogP contribution in [0.3, 0.4) is 0 Å². The zero-order valence-corrected chi connectivity index (χ0v) is 16.1. The standard InChI is InChI=1S/C19H21N5O2S/c1-13-12-24-17(18(20-13)23-7-9-27-10-8-23)11-16(22-24)19(25)21-14-3-5-15(26-2)6-4-14/h3-6,11-12H,7-10H2,1-2H3,(H,21,25). The third kappa shape index (κ3) is 3.71. The molecule has 8 heteroatoms. The van der Waals surface area contributed by atoms with Gasteiger partial charge in [-0.05, 0) is 31.2 Å². The molecule has 0 aliphatic carbocycles. The van der Waals surface area contributed by atoms with Crippen LogP contribution in [-0.4, -0.2) is 52.2 Å². The summed E-state index contributed by atoms with van der Waals surface area (Å²) >= 11 is 1.95. The summed E-state index contributed by atoms with van der Waals surface area (Å²) in [6.07, 6.45) is 1.85. The number of hydrogen-bond donors (Lipinski definition) is 1. The van der Waals surface area contributed by atoms with Crippen molar-refractivity contribution in [3.05, 3.63) is 47.9 Å². The zero-order valence-electron chi connectivity index (χ0n) is 15.3. The second kappa shape index (κ2) is 7.48. The van der Waals surface area contributed by atoms with Crippen LogP contribution in [0.4, 0.5) is 11.5 Å². The zero-order chi connectivity index (χ0) is 18.8. The largest absolute Gasteiger partial charge is 0.497 e. The highest BCUT2D eigenvalue weighted by atomic mass is 32.2. The molecular formula is C19H21N5O2S. The number of hydrogen-bond acceptors (Lipinski definition) is 6. The summed E-state index contributed by atoms with van der Waals surface area (Å²) in [7, 11) is 1.61. The van der Waals surface area contributed by atoms with E-state index in [2.05, 4.69) is 15.3 Å². The number of anilines is 2. The Morgan fingerprint density at radius 2 is 1.96 bits per heavy atom. The van der Waals surface area contributed by atoms with E-state index in [0.29, 0.717) is 11.4 Å². The van der Waals surface area contributed by atoms with E-state index < -0.39 is 0 Å². The van der Waals surface area contributed by atoms with E-state index in [1.807, 2.05) is 30.9 Å². The molecule has 3 aromatic rings. The Balaban J connectivity index is 1.62. The number of rotatable bonds is 4. The first-order valence-corrected chi connectivity index (χ1v) is 9.94. The molecule has 7 nitrogen and oxygen atoms in total. The first-order chi connectivity index (χ1) is 13.1. The van der Waals surface area contributed by atoms with Crippen molar-refractivity contribution in [3.63, 3.8) is 0 Å². The fourth-order valence-corrected chi connectivity index (χ4v) is 3.98. The first kappa shape index (κ1) is 17.7. The highest BCUT2D eigenvalue weighted by Gasteiger charge is 2.19. The summed E-state index contributed by atoms with van der Waals surface area (Å²) in [5.41, 5.74) is 2.79. The number of aryl methyl sites for hydroxylation is 1. The minimum atomic E-state index is -0.248. The second-order valence-electron chi connectivity index (χ2n) is 6.35. The van der Waals surface area contributed by atoms with Crippen LogP contribution in [-0.2, 0) is 0 Å². The number of ether oxygens (including phenoxy) is 1. The van der Waals surface area contributed by atoms with Crippen molar-refractivity contribution in [1.29, 1.82) is 0 Å². The van der Waals surface area contributed by atoms with Crippen molar-refractivity contribution < 1.29 is 9.53 Å². The monoisotopic (exact) mass is 383 g/mol. The molecule has 1 aromatic carbocycles. The number of nitrogens with one attached hydrogen (secondary N) is 1. The molecule has 1 aliphatic rings. The lowest BCUT2D eigenvalue weighted by molar-refractivity contribution is 0.102. The van der Waals surface area contributed by atoms with Crippen LogP contribution in [0.5, 0.6) is 5.75 Å². The van der Waals surface area contributed by atoms with E-state index in [-0.39, 0.29) is 5.91 Å². The van der Waals surface area contributed by atoms with Crippen molar-refractivity contribution in [2.24, 2.45) is 0 Å². The van der Waals surface area contributed by atoms with Gasteiger partial charge >= 0.3 is 0 Å². The van der Waals surface area contributed by atoms with Gasteiger partial charge in [0, 0.05) is 36.3 Å². The van der Waals surface area contributed by atoms with Gasteiger partial charge in [0.2, 0.25) is 0 Å². The minimum Gasteiger partial charge on any atom is -0.497 e. The summed E-state index contributed by atoms with van der Waals surface area (Å²) in [4.78, 5) is 19.6. The molecule has 1 amide bonds. The molecule has 0 unspecified atom stereocenters. The average molecular weight is 383 g/mol. The van der Waals surface area contributed by atoms with E-state index in [1.54, 1.807) is 35.9 Å². The lowest BCUT2D eigenvalue weighted by Gasteiger charge is -2.28. The van der Waals surface area contributed by atoms with Crippen LogP contribution < -0.4 is 15.0 Å². The molecule has 1 saturated heterocycles. The highest BCUT2D eigenvalue weighted by molar-refractivity contribution is 7.99. The van der Waals surface area contributed by atoms with Crippen molar-refractivity contribution in [2.75, 3.05) is 41.9 Å². The minimum absolute atomic E-state index is 0.248. The van der Waals surface area contributed by atoms with Gasteiger partial charge in [-0.1, -0.05) is 0 Å².